The molecule has 4 nitrogen and oxygen atoms in total. The zero-order valence-corrected chi connectivity index (χ0v) is 17.7. The minimum Gasteiger partial charge on any atom is -0.388 e. The first-order chi connectivity index (χ1) is 14.2. The Labute approximate surface area is 176 Å². The molecule has 2 aromatic rings. The van der Waals surface area contributed by atoms with E-state index in [0.29, 0.717) is 23.5 Å². The van der Waals surface area contributed by atoms with Crippen LogP contribution in [0.1, 0.15) is 22.3 Å². The highest BCUT2D eigenvalue weighted by molar-refractivity contribution is 5.77. The van der Waals surface area contributed by atoms with Gasteiger partial charge >= 0.3 is 6.18 Å². The molecule has 1 heterocycles. The minimum absolute atomic E-state index is 0.299. The van der Waals surface area contributed by atoms with E-state index in [4.69, 9.17) is 0 Å². The van der Waals surface area contributed by atoms with Gasteiger partial charge in [-0.25, -0.2) is 0 Å². The van der Waals surface area contributed by atoms with Crippen molar-refractivity contribution in [1.29, 1.82) is 0 Å². The van der Waals surface area contributed by atoms with Crippen LogP contribution in [0.15, 0.2) is 43.0 Å². The molecule has 2 aromatic carbocycles. The monoisotopic (exact) mass is 418 g/mol. The van der Waals surface area contributed by atoms with Gasteiger partial charge in [0.05, 0.1) is 5.56 Å². The molecule has 1 fully saturated rings. The lowest BCUT2D eigenvalue weighted by molar-refractivity contribution is -0.138. The van der Waals surface area contributed by atoms with Gasteiger partial charge in [0.25, 0.3) is 0 Å². The number of halogens is 3. The summed E-state index contributed by atoms with van der Waals surface area (Å²) in [7, 11) is 3.86. The molecule has 162 valence electrons. The van der Waals surface area contributed by atoms with Crippen molar-refractivity contribution in [3.63, 3.8) is 0 Å². The number of anilines is 2. The molecular formula is C23H29F3N4. The number of hydrogen-bond acceptors (Lipinski definition) is 4. The van der Waals surface area contributed by atoms with Crippen LogP contribution in [-0.2, 0) is 12.7 Å². The highest BCUT2D eigenvalue weighted by atomic mass is 19.4. The first-order valence-corrected chi connectivity index (χ1v) is 10.0. The number of piperazine rings is 1. The molecule has 0 radical (unpaired) electrons. The Morgan fingerprint density at radius 2 is 1.77 bits per heavy atom. The normalized spacial score (nSPS) is 15.8. The van der Waals surface area contributed by atoms with Crippen LogP contribution < -0.4 is 10.6 Å². The molecule has 0 saturated carbocycles. The Kier molecular flexibility index (Phi) is 6.73. The summed E-state index contributed by atoms with van der Waals surface area (Å²) in [6.07, 6.45) is -4.41. The SMILES string of the molecule is C=C(Nc1ccc(CN2CCN(C)CC2)c(C(F)(F)F)c1)c1ccc(C)c(NC)c1. The summed E-state index contributed by atoms with van der Waals surface area (Å²) in [5.74, 6) is 0. The summed E-state index contributed by atoms with van der Waals surface area (Å²) in [6, 6.07) is 10.2. The number of alkyl halides is 3. The van der Waals surface area contributed by atoms with Gasteiger partial charge in [0.2, 0.25) is 0 Å². The second-order valence-electron chi connectivity index (χ2n) is 7.83. The maximum Gasteiger partial charge on any atom is 0.416 e. The summed E-state index contributed by atoms with van der Waals surface area (Å²) in [6.45, 7) is 9.57. The molecule has 3 rings (SSSR count). The van der Waals surface area contributed by atoms with E-state index in [0.717, 1.165) is 43.0 Å². The van der Waals surface area contributed by atoms with E-state index in [-0.39, 0.29) is 0 Å². The van der Waals surface area contributed by atoms with Crippen LogP contribution in [0.3, 0.4) is 0 Å². The number of aryl methyl sites for hydroxylation is 1. The molecule has 7 heteroatoms. The third-order valence-electron chi connectivity index (χ3n) is 5.56. The number of nitrogens with zero attached hydrogens (tertiary/aromatic N) is 2. The van der Waals surface area contributed by atoms with E-state index >= 15 is 0 Å². The van der Waals surface area contributed by atoms with Crippen molar-refractivity contribution in [3.05, 3.63) is 65.2 Å². The molecule has 1 aliphatic rings. The van der Waals surface area contributed by atoms with Gasteiger partial charge < -0.3 is 15.5 Å². The summed E-state index contributed by atoms with van der Waals surface area (Å²) in [5.41, 5.74) is 3.48. The van der Waals surface area contributed by atoms with Crippen LogP contribution in [0.2, 0.25) is 0 Å². The molecule has 0 bridgehead atoms. The molecule has 1 saturated heterocycles. The van der Waals surface area contributed by atoms with Crippen molar-refractivity contribution in [2.24, 2.45) is 0 Å². The molecule has 1 aliphatic heterocycles. The molecule has 0 atom stereocenters. The second-order valence-corrected chi connectivity index (χ2v) is 7.83. The lowest BCUT2D eigenvalue weighted by Crippen LogP contribution is -2.44. The number of likely N-dealkylation sites (N-methyl/N-ethyl adjacent to an activating group) is 1. The van der Waals surface area contributed by atoms with Crippen LogP contribution in [0.4, 0.5) is 24.5 Å². The fourth-order valence-corrected chi connectivity index (χ4v) is 3.63. The van der Waals surface area contributed by atoms with Crippen LogP contribution in [0.25, 0.3) is 5.70 Å². The van der Waals surface area contributed by atoms with Crippen molar-refractivity contribution >= 4 is 17.1 Å². The van der Waals surface area contributed by atoms with Gasteiger partial charge in [-0.3, -0.25) is 4.90 Å². The quantitative estimate of drug-likeness (QED) is 0.700. The maximum absolute atomic E-state index is 13.8. The Bertz CT molecular complexity index is 900. The first kappa shape index (κ1) is 22.2. The van der Waals surface area contributed by atoms with E-state index < -0.39 is 11.7 Å². The summed E-state index contributed by atoms with van der Waals surface area (Å²) < 4.78 is 41.3. The predicted molar refractivity (Wildman–Crippen MR) is 118 cm³/mol. The smallest absolute Gasteiger partial charge is 0.388 e. The first-order valence-electron chi connectivity index (χ1n) is 10.0. The highest BCUT2D eigenvalue weighted by Gasteiger charge is 2.34. The third kappa shape index (κ3) is 5.34. The zero-order chi connectivity index (χ0) is 21.9. The van der Waals surface area contributed by atoms with Gasteiger partial charge in [-0.15, -0.1) is 0 Å². The van der Waals surface area contributed by atoms with Gasteiger partial charge in [-0.2, -0.15) is 13.2 Å². The van der Waals surface area contributed by atoms with Gasteiger partial charge in [-0.1, -0.05) is 24.8 Å². The van der Waals surface area contributed by atoms with Crippen LogP contribution in [0.5, 0.6) is 0 Å². The van der Waals surface area contributed by atoms with Crippen molar-refractivity contribution in [2.45, 2.75) is 19.6 Å². The zero-order valence-electron chi connectivity index (χ0n) is 17.7. The summed E-state index contributed by atoms with van der Waals surface area (Å²) in [5, 5.41) is 6.14. The van der Waals surface area contributed by atoms with E-state index in [1.165, 1.54) is 6.07 Å². The van der Waals surface area contributed by atoms with Crippen molar-refractivity contribution in [2.75, 3.05) is 50.9 Å². The lowest BCUT2D eigenvalue weighted by Gasteiger charge is -2.33. The average molecular weight is 419 g/mol. The fraction of sp³-hybridized carbons (Fsp3) is 0.391. The molecular weight excluding hydrogens is 389 g/mol. The highest BCUT2D eigenvalue weighted by Crippen LogP contribution is 2.35. The van der Waals surface area contributed by atoms with E-state index in [9.17, 15) is 13.2 Å². The summed E-state index contributed by atoms with van der Waals surface area (Å²) >= 11 is 0. The summed E-state index contributed by atoms with van der Waals surface area (Å²) in [4.78, 5) is 4.26. The van der Waals surface area contributed by atoms with Gasteiger partial charge in [0.1, 0.15) is 0 Å². The Morgan fingerprint density at radius 3 is 2.40 bits per heavy atom. The lowest BCUT2D eigenvalue weighted by atomic mass is 10.0. The topological polar surface area (TPSA) is 30.5 Å². The molecule has 0 unspecified atom stereocenters. The molecule has 30 heavy (non-hydrogen) atoms. The van der Waals surface area contributed by atoms with Gasteiger partial charge in [0.15, 0.2) is 0 Å². The molecule has 0 aliphatic carbocycles. The van der Waals surface area contributed by atoms with Gasteiger partial charge in [0, 0.05) is 56.8 Å². The number of nitrogens with one attached hydrogen (secondary N) is 2. The van der Waals surface area contributed by atoms with Crippen molar-refractivity contribution < 1.29 is 13.2 Å². The fourth-order valence-electron chi connectivity index (χ4n) is 3.63. The predicted octanol–water partition coefficient (Wildman–Crippen LogP) is 4.89. The maximum atomic E-state index is 13.8. The molecule has 0 aromatic heterocycles. The minimum atomic E-state index is -4.41. The van der Waals surface area contributed by atoms with E-state index in [1.807, 2.05) is 39.2 Å². The third-order valence-corrected chi connectivity index (χ3v) is 5.56. The number of benzene rings is 2. The number of rotatable bonds is 6. The van der Waals surface area contributed by atoms with Crippen molar-refractivity contribution in [3.8, 4) is 0 Å². The Hall–Kier alpha value is -2.51. The number of hydrogen-bond donors (Lipinski definition) is 2. The molecule has 0 amide bonds. The standard InChI is InChI=1S/C23H29F3N4/c1-16-5-6-18(13-22(16)27-3)17(2)28-20-8-7-19(21(14-20)23(24,25)26)15-30-11-9-29(4)10-12-30/h5-8,13-14,27-28H,2,9-12,15H2,1,3-4H3. The second kappa shape index (κ2) is 9.10. The average Bonchev–Trinajstić information content (AvgIpc) is 2.70. The largest absolute Gasteiger partial charge is 0.416 e. The van der Waals surface area contributed by atoms with E-state index in [2.05, 4.69) is 27.0 Å². The Balaban J connectivity index is 1.80. The van der Waals surface area contributed by atoms with Crippen LogP contribution >= 0.6 is 0 Å². The van der Waals surface area contributed by atoms with Crippen LogP contribution in [-0.4, -0.2) is 50.1 Å². The molecule has 2 N–H and O–H groups in total. The van der Waals surface area contributed by atoms with Gasteiger partial charge in [-0.05, 0) is 48.9 Å². The van der Waals surface area contributed by atoms with Crippen LogP contribution in [0, 0.1) is 6.92 Å². The molecule has 0 spiro atoms. The van der Waals surface area contributed by atoms with Crippen molar-refractivity contribution in [1.82, 2.24) is 9.80 Å². The van der Waals surface area contributed by atoms with E-state index in [1.54, 1.807) is 12.1 Å². The Morgan fingerprint density at radius 1 is 1.07 bits per heavy atom.